The van der Waals surface area contributed by atoms with Crippen LogP contribution in [0.15, 0.2) is 194 Å². The molecule has 0 radical (unpaired) electrons. The van der Waals surface area contributed by atoms with Crippen LogP contribution in [0.2, 0.25) is 0 Å². The average Bonchev–Trinajstić information content (AvgIpc) is 3.78. The molecular weight excluding hydrogens is 681 g/mol. The summed E-state index contributed by atoms with van der Waals surface area (Å²) in [5.74, 6) is 1.94. The molecule has 0 bridgehead atoms. The highest BCUT2D eigenvalue weighted by Crippen LogP contribution is 2.62. The maximum absolute atomic E-state index is 5.34. The van der Waals surface area contributed by atoms with E-state index in [4.69, 9.17) is 15.0 Å². The Balaban J connectivity index is 1.16. The van der Waals surface area contributed by atoms with Crippen molar-refractivity contribution in [2.45, 2.75) is 5.41 Å². The Hall–Kier alpha value is -7.43. The average molecular weight is 713 g/mol. The summed E-state index contributed by atoms with van der Waals surface area (Å²) in [6.07, 6.45) is 0. The first-order chi connectivity index (χ1) is 27.8. The first kappa shape index (κ1) is 31.0. The van der Waals surface area contributed by atoms with E-state index in [2.05, 4.69) is 174 Å². The lowest BCUT2D eigenvalue weighted by Crippen LogP contribution is -2.33. The molecule has 1 aliphatic carbocycles. The highest BCUT2D eigenvalue weighted by molar-refractivity contribution is 6.13. The molecule has 3 heterocycles. The van der Waals surface area contributed by atoms with Crippen molar-refractivity contribution in [1.82, 2.24) is 19.5 Å². The fourth-order valence-electron chi connectivity index (χ4n) is 9.61. The van der Waals surface area contributed by atoms with E-state index in [0.29, 0.717) is 17.5 Å². The van der Waals surface area contributed by atoms with Gasteiger partial charge in [0, 0.05) is 27.5 Å². The van der Waals surface area contributed by atoms with Gasteiger partial charge in [-0.2, -0.15) is 0 Å². The number of aromatic nitrogens is 4. The van der Waals surface area contributed by atoms with Crippen LogP contribution in [0.1, 0.15) is 22.3 Å². The van der Waals surface area contributed by atoms with Crippen molar-refractivity contribution in [2.24, 2.45) is 0 Å². The molecule has 10 aromatic rings. The molecule has 260 valence electrons. The third-order valence-electron chi connectivity index (χ3n) is 11.9. The summed E-state index contributed by atoms with van der Waals surface area (Å²) in [4.78, 5) is 15.8. The summed E-state index contributed by atoms with van der Waals surface area (Å²) >= 11 is 0. The number of benzene rings is 8. The van der Waals surface area contributed by atoms with Gasteiger partial charge in [0.05, 0.1) is 22.1 Å². The van der Waals surface area contributed by atoms with E-state index in [9.17, 15) is 0 Å². The molecule has 1 unspecified atom stereocenters. The van der Waals surface area contributed by atoms with Crippen LogP contribution in [0.25, 0.3) is 83.9 Å². The Morgan fingerprint density at radius 1 is 0.357 bits per heavy atom. The summed E-state index contributed by atoms with van der Waals surface area (Å²) in [7, 11) is 0. The predicted octanol–water partition coefficient (Wildman–Crippen LogP) is 12.3. The molecule has 2 aliphatic rings. The lowest BCUT2D eigenvalue weighted by molar-refractivity contribution is 0.748. The Labute approximate surface area is 324 Å². The lowest BCUT2D eigenvalue weighted by Gasteiger charge is -2.39. The Morgan fingerprint density at radius 2 is 0.911 bits per heavy atom. The van der Waals surface area contributed by atoms with Crippen LogP contribution in [-0.2, 0) is 5.41 Å². The van der Waals surface area contributed by atoms with Crippen molar-refractivity contribution in [3.63, 3.8) is 0 Å². The summed E-state index contributed by atoms with van der Waals surface area (Å²) < 4.78 is 2.49. The van der Waals surface area contributed by atoms with E-state index in [0.717, 1.165) is 33.4 Å². The van der Waals surface area contributed by atoms with Crippen LogP contribution in [0.3, 0.4) is 0 Å². The molecule has 0 fully saturated rings. The Kier molecular flexibility index (Phi) is 6.52. The molecule has 0 amide bonds. The van der Waals surface area contributed by atoms with Crippen LogP contribution < -0.4 is 0 Å². The number of fused-ring (bicyclic) bond motifs is 12. The SMILES string of the molecule is c1ccc(-c2cccc(-c3nc(-c4ccccc4)nc(-c4cccc5c4-c4ccccc4C54c5ccccc5-n5c6ccccc6c6cccc4c65)n3)c2)cc1. The van der Waals surface area contributed by atoms with Crippen molar-refractivity contribution < 1.29 is 0 Å². The number of hydrogen-bond donors (Lipinski definition) is 0. The molecule has 0 saturated carbocycles. The van der Waals surface area contributed by atoms with Gasteiger partial charge in [-0.1, -0.05) is 176 Å². The van der Waals surface area contributed by atoms with Gasteiger partial charge >= 0.3 is 0 Å². The maximum atomic E-state index is 5.34. The van der Waals surface area contributed by atoms with E-state index in [1.807, 2.05) is 24.3 Å². The fourth-order valence-corrected chi connectivity index (χ4v) is 9.61. The van der Waals surface area contributed by atoms with Crippen LogP contribution in [-0.4, -0.2) is 19.5 Å². The summed E-state index contributed by atoms with van der Waals surface area (Å²) in [5, 5.41) is 2.53. The summed E-state index contributed by atoms with van der Waals surface area (Å²) in [5.41, 5.74) is 15.7. The van der Waals surface area contributed by atoms with Crippen molar-refractivity contribution in [2.75, 3.05) is 0 Å². The minimum atomic E-state index is -0.565. The summed E-state index contributed by atoms with van der Waals surface area (Å²) in [6.45, 7) is 0. The van der Waals surface area contributed by atoms with Crippen LogP contribution >= 0.6 is 0 Å². The van der Waals surface area contributed by atoms with E-state index < -0.39 is 5.41 Å². The van der Waals surface area contributed by atoms with Gasteiger partial charge in [-0.3, -0.25) is 0 Å². The minimum absolute atomic E-state index is 0.565. The first-order valence-electron chi connectivity index (χ1n) is 19.1. The highest BCUT2D eigenvalue weighted by atomic mass is 15.0. The van der Waals surface area contributed by atoms with E-state index in [1.165, 1.54) is 55.3 Å². The van der Waals surface area contributed by atoms with Crippen molar-refractivity contribution in [3.8, 4) is 62.1 Å². The zero-order valence-electron chi connectivity index (χ0n) is 30.3. The molecule has 12 rings (SSSR count). The fraction of sp³-hybridized carbons (Fsp3) is 0.0192. The third-order valence-corrected chi connectivity index (χ3v) is 11.9. The molecule has 1 spiro atoms. The normalized spacial score (nSPS) is 14.9. The molecular formula is C52H32N4. The molecule has 2 aromatic heterocycles. The van der Waals surface area contributed by atoms with Gasteiger partial charge in [0.1, 0.15) is 0 Å². The quantitative estimate of drug-likeness (QED) is 0.182. The highest BCUT2D eigenvalue weighted by Gasteiger charge is 2.51. The van der Waals surface area contributed by atoms with Gasteiger partial charge < -0.3 is 4.57 Å². The molecule has 56 heavy (non-hydrogen) atoms. The molecule has 4 nitrogen and oxygen atoms in total. The summed E-state index contributed by atoms with van der Waals surface area (Å²) in [6, 6.07) is 69.5. The van der Waals surface area contributed by atoms with E-state index in [-0.39, 0.29) is 0 Å². The maximum Gasteiger partial charge on any atom is 0.164 e. The number of rotatable bonds is 4. The zero-order valence-corrected chi connectivity index (χ0v) is 30.3. The molecule has 0 saturated heterocycles. The van der Waals surface area contributed by atoms with Gasteiger partial charge in [0.15, 0.2) is 17.5 Å². The number of para-hydroxylation sites is 3. The molecule has 8 aromatic carbocycles. The molecule has 1 atom stereocenters. The van der Waals surface area contributed by atoms with Gasteiger partial charge in [-0.05, 0) is 62.7 Å². The molecule has 0 N–H and O–H groups in total. The van der Waals surface area contributed by atoms with Crippen molar-refractivity contribution in [1.29, 1.82) is 0 Å². The monoisotopic (exact) mass is 712 g/mol. The first-order valence-corrected chi connectivity index (χ1v) is 19.1. The van der Waals surface area contributed by atoms with Crippen molar-refractivity contribution in [3.05, 3.63) is 216 Å². The smallest absolute Gasteiger partial charge is 0.164 e. The Bertz CT molecular complexity index is 3200. The minimum Gasteiger partial charge on any atom is -0.309 e. The van der Waals surface area contributed by atoms with Crippen LogP contribution in [0.5, 0.6) is 0 Å². The second kappa shape index (κ2) is 11.8. The van der Waals surface area contributed by atoms with Gasteiger partial charge in [0.25, 0.3) is 0 Å². The van der Waals surface area contributed by atoms with Crippen molar-refractivity contribution >= 4 is 21.8 Å². The van der Waals surface area contributed by atoms with Gasteiger partial charge in [-0.15, -0.1) is 0 Å². The van der Waals surface area contributed by atoms with E-state index in [1.54, 1.807) is 0 Å². The van der Waals surface area contributed by atoms with Crippen LogP contribution in [0, 0.1) is 0 Å². The topological polar surface area (TPSA) is 43.6 Å². The van der Waals surface area contributed by atoms with Gasteiger partial charge in [-0.25, -0.2) is 15.0 Å². The Morgan fingerprint density at radius 3 is 1.77 bits per heavy atom. The lowest BCUT2D eigenvalue weighted by atomic mass is 9.65. The second-order valence-corrected chi connectivity index (χ2v) is 14.7. The van der Waals surface area contributed by atoms with Crippen LogP contribution in [0.4, 0.5) is 0 Å². The largest absolute Gasteiger partial charge is 0.309 e. The van der Waals surface area contributed by atoms with Gasteiger partial charge in [0.2, 0.25) is 0 Å². The van der Waals surface area contributed by atoms with E-state index >= 15 is 0 Å². The predicted molar refractivity (Wildman–Crippen MR) is 227 cm³/mol. The third kappa shape index (κ3) is 4.21. The standard InChI is InChI=1S/C52H32N4/c1-3-16-33(17-4-1)35-20-13-21-36(32-35)50-53-49(34-18-5-2-6-19-34)54-51(55-50)40-25-15-28-43-47(40)39-23-7-9-26-41(39)52(43)42-27-10-12-31-46(42)56-45-30-11-8-22-37(45)38-24-14-29-44(52)48(38)56/h1-32H. The number of hydrogen-bond acceptors (Lipinski definition) is 3. The zero-order chi connectivity index (χ0) is 36.8. The molecule has 1 aliphatic heterocycles. The number of nitrogens with zero attached hydrogens (tertiary/aromatic N) is 4. The second-order valence-electron chi connectivity index (χ2n) is 14.7. The molecule has 4 heteroatoms.